The first kappa shape index (κ1) is 11.9. The van der Waals surface area contributed by atoms with Crippen molar-refractivity contribution in [3.8, 4) is 0 Å². The van der Waals surface area contributed by atoms with Crippen LogP contribution in [-0.4, -0.2) is 9.97 Å². The lowest BCUT2D eigenvalue weighted by Gasteiger charge is -2.09. The molecule has 0 saturated heterocycles. The van der Waals surface area contributed by atoms with Crippen LogP contribution in [0, 0.1) is 0 Å². The van der Waals surface area contributed by atoms with Crippen molar-refractivity contribution in [1.29, 1.82) is 0 Å². The van der Waals surface area contributed by atoms with Crippen LogP contribution in [-0.2, 0) is 6.54 Å². The van der Waals surface area contributed by atoms with E-state index in [1.165, 1.54) is 5.56 Å². The Morgan fingerprint density at radius 3 is 2.68 bits per heavy atom. The molecule has 1 N–H and O–H groups in total. The molecule has 0 amide bonds. The van der Waals surface area contributed by atoms with Gasteiger partial charge >= 0.3 is 0 Å². The average molecular weight is 270 g/mol. The van der Waals surface area contributed by atoms with Crippen molar-refractivity contribution in [2.75, 3.05) is 5.32 Å². The zero-order valence-electron chi connectivity index (χ0n) is 10.2. The normalized spacial score (nSPS) is 10.6. The topological polar surface area (TPSA) is 37.8 Å². The van der Waals surface area contributed by atoms with Gasteiger partial charge in [-0.15, -0.1) is 0 Å². The Kier molecular flexibility index (Phi) is 3.29. The average Bonchev–Trinajstić information content (AvgIpc) is 2.45. The van der Waals surface area contributed by atoms with Crippen molar-refractivity contribution in [2.24, 2.45) is 0 Å². The molecule has 0 fully saturated rings. The largest absolute Gasteiger partial charge is 0.380 e. The summed E-state index contributed by atoms with van der Waals surface area (Å²) in [5.74, 6) is 0. The number of aromatic nitrogens is 2. The van der Waals surface area contributed by atoms with Crippen LogP contribution in [0.4, 0.5) is 5.69 Å². The van der Waals surface area contributed by atoms with Crippen molar-refractivity contribution in [3.63, 3.8) is 0 Å². The molecule has 0 saturated carbocycles. The number of benzene rings is 1. The zero-order valence-corrected chi connectivity index (χ0v) is 10.9. The second-order valence-electron chi connectivity index (χ2n) is 4.23. The molecule has 0 atom stereocenters. The molecule has 2 aromatic heterocycles. The summed E-state index contributed by atoms with van der Waals surface area (Å²) >= 11 is 5.98. The number of pyridine rings is 2. The number of nitrogens with zero attached hydrogens (tertiary/aromatic N) is 2. The summed E-state index contributed by atoms with van der Waals surface area (Å²) in [6.45, 7) is 0.754. The quantitative estimate of drug-likeness (QED) is 0.784. The summed E-state index contributed by atoms with van der Waals surface area (Å²) in [5.41, 5.74) is 3.14. The van der Waals surface area contributed by atoms with Crippen LogP contribution in [0.15, 0.2) is 55.0 Å². The minimum absolute atomic E-state index is 0.700. The maximum Gasteiger partial charge on any atom is 0.0737 e. The Bertz CT molecular complexity index is 698. The van der Waals surface area contributed by atoms with Crippen molar-refractivity contribution in [3.05, 3.63) is 65.6 Å². The molecule has 3 rings (SSSR count). The van der Waals surface area contributed by atoms with Gasteiger partial charge in [0.2, 0.25) is 0 Å². The Labute approximate surface area is 116 Å². The van der Waals surface area contributed by atoms with E-state index in [0.717, 1.165) is 23.1 Å². The molecule has 0 radical (unpaired) electrons. The van der Waals surface area contributed by atoms with Crippen LogP contribution in [0.25, 0.3) is 10.9 Å². The van der Waals surface area contributed by atoms with E-state index < -0.39 is 0 Å². The van der Waals surface area contributed by atoms with Gasteiger partial charge in [-0.05, 0) is 42.0 Å². The van der Waals surface area contributed by atoms with E-state index in [9.17, 15) is 0 Å². The summed E-state index contributed by atoms with van der Waals surface area (Å²) in [6, 6.07) is 11.7. The molecule has 0 bridgehead atoms. The van der Waals surface area contributed by atoms with Crippen molar-refractivity contribution in [1.82, 2.24) is 9.97 Å². The highest BCUT2D eigenvalue weighted by atomic mass is 35.5. The number of anilines is 1. The zero-order chi connectivity index (χ0) is 13.1. The van der Waals surface area contributed by atoms with Gasteiger partial charge in [0.1, 0.15) is 0 Å². The smallest absolute Gasteiger partial charge is 0.0737 e. The van der Waals surface area contributed by atoms with E-state index >= 15 is 0 Å². The standard InChI is InChI=1S/C15H12ClN3/c16-12-1-2-13-14(5-8-18-15(13)9-12)19-10-11-3-6-17-7-4-11/h1-9H,10H2,(H,18,19). The van der Waals surface area contributed by atoms with Gasteiger partial charge in [0.15, 0.2) is 0 Å². The molecule has 0 aliphatic heterocycles. The molecule has 3 aromatic rings. The van der Waals surface area contributed by atoms with Crippen LogP contribution in [0.3, 0.4) is 0 Å². The molecule has 2 heterocycles. The first-order valence-corrected chi connectivity index (χ1v) is 6.38. The van der Waals surface area contributed by atoms with E-state index in [1.807, 2.05) is 36.4 Å². The van der Waals surface area contributed by atoms with Gasteiger partial charge in [0.05, 0.1) is 5.52 Å². The van der Waals surface area contributed by atoms with Gasteiger partial charge < -0.3 is 5.32 Å². The highest BCUT2D eigenvalue weighted by Gasteiger charge is 2.02. The fourth-order valence-corrected chi connectivity index (χ4v) is 2.14. The van der Waals surface area contributed by atoms with Crippen LogP contribution in [0.2, 0.25) is 5.02 Å². The number of hydrogen-bond acceptors (Lipinski definition) is 3. The fourth-order valence-electron chi connectivity index (χ4n) is 1.97. The molecular formula is C15H12ClN3. The second kappa shape index (κ2) is 5.24. The van der Waals surface area contributed by atoms with Crippen molar-refractivity contribution < 1.29 is 0 Å². The predicted octanol–water partition coefficient (Wildman–Crippen LogP) is 3.90. The minimum atomic E-state index is 0.700. The third kappa shape index (κ3) is 2.66. The molecule has 19 heavy (non-hydrogen) atoms. The summed E-state index contributed by atoms with van der Waals surface area (Å²) in [7, 11) is 0. The number of halogens is 1. The second-order valence-corrected chi connectivity index (χ2v) is 4.67. The monoisotopic (exact) mass is 269 g/mol. The highest BCUT2D eigenvalue weighted by molar-refractivity contribution is 6.31. The molecule has 1 aromatic carbocycles. The van der Waals surface area contributed by atoms with Gasteiger partial charge in [-0.25, -0.2) is 0 Å². The van der Waals surface area contributed by atoms with Gasteiger partial charge in [0, 0.05) is 41.2 Å². The number of fused-ring (bicyclic) bond motifs is 1. The van der Waals surface area contributed by atoms with Gasteiger partial charge in [-0.1, -0.05) is 11.6 Å². The van der Waals surface area contributed by atoms with Crippen molar-refractivity contribution in [2.45, 2.75) is 6.54 Å². The molecule has 4 heteroatoms. The summed E-state index contributed by atoms with van der Waals surface area (Å²) in [6.07, 6.45) is 5.37. The third-order valence-electron chi connectivity index (χ3n) is 2.94. The number of hydrogen-bond donors (Lipinski definition) is 1. The molecule has 0 aliphatic carbocycles. The Morgan fingerprint density at radius 1 is 1.00 bits per heavy atom. The van der Waals surface area contributed by atoms with E-state index in [0.29, 0.717) is 5.02 Å². The van der Waals surface area contributed by atoms with Crippen molar-refractivity contribution >= 4 is 28.2 Å². The van der Waals surface area contributed by atoms with Crippen LogP contribution >= 0.6 is 11.6 Å². The Morgan fingerprint density at radius 2 is 1.84 bits per heavy atom. The molecule has 94 valence electrons. The first-order chi connectivity index (χ1) is 9.33. The van der Waals surface area contributed by atoms with E-state index in [1.54, 1.807) is 18.6 Å². The molecule has 0 unspecified atom stereocenters. The maximum absolute atomic E-state index is 5.98. The Balaban J connectivity index is 1.89. The lowest BCUT2D eigenvalue weighted by atomic mass is 10.2. The van der Waals surface area contributed by atoms with Gasteiger partial charge in [0.25, 0.3) is 0 Å². The number of nitrogens with one attached hydrogen (secondary N) is 1. The third-order valence-corrected chi connectivity index (χ3v) is 3.17. The Hall–Kier alpha value is -2.13. The molecule has 0 spiro atoms. The minimum Gasteiger partial charge on any atom is -0.380 e. The first-order valence-electron chi connectivity index (χ1n) is 6.00. The summed E-state index contributed by atoms with van der Waals surface area (Å²) < 4.78 is 0. The lowest BCUT2D eigenvalue weighted by Crippen LogP contribution is -2.00. The molecule has 0 aliphatic rings. The summed E-state index contributed by atoms with van der Waals surface area (Å²) in [5, 5.41) is 5.18. The summed E-state index contributed by atoms with van der Waals surface area (Å²) in [4.78, 5) is 8.33. The van der Waals surface area contributed by atoms with Crippen LogP contribution in [0.5, 0.6) is 0 Å². The SMILES string of the molecule is Clc1ccc2c(NCc3ccncc3)ccnc2c1. The number of rotatable bonds is 3. The van der Waals surface area contributed by atoms with Gasteiger partial charge in [-0.3, -0.25) is 9.97 Å². The predicted molar refractivity (Wildman–Crippen MR) is 78.3 cm³/mol. The van der Waals surface area contributed by atoms with Crippen LogP contribution < -0.4 is 5.32 Å². The fraction of sp³-hybridized carbons (Fsp3) is 0.0667. The van der Waals surface area contributed by atoms with Gasteiger partial charge in [-0.2, -0.15) is 0 Å². The van der Waals surface area contributed by atoms with E-state index in [-0.39, 0.29) is 0 Å². The lowest BCUT2D eigenvalue weighted by molar-refractivity contribution is 1.13. The highest BCUT2D eigenvalue weighted by Crippen LogP contribution is 2.24. The molecule has 3 nitrogen and oxygen atoms in total. The van der Waals surface area contributed by atoms with E-state index in [2.05, 4.69) is 15.3 Å². The van der Waals surface area contributed by atoms with E-state index in [4.69, 9.17) is 11.6 Å². The maximum atomic E-state index is 5.98. The van der Waals surface area contributed by atoms with Crippen LogP contribution in [0.1, 0.15) is 5.56 Å². The molecular weight excluding hydrogens is 258 g/mol.